The first-order valence-electron chi connectivity index (χ1n) is 12.1. The second-order valence-corrected chi connectivity index (χ2v) is 9.75. The lowest BCUT2D eigenvalue weighted by molar-refractivity contribution is -0.137. The van der Waals surface area contributed by atoms with Crippen LogP contribution in [0.25, 0.3) is 0 Å². The van der Waals surface area contributed by atoms with Crippen molar-refractivity contribution in [1.82, 2.24) is 20.2 Å². The number of hydrogen-bond donors (Lipinski definition) is 2. The van der Waals surface area contributed by atoms with Crippen molar-refractivity contribution >= 4 is 35.2 Å². The molecule has 0 unspecified atom stereocenters. The van der Waals surface area contributed by atoms with Gasteiger partial charge in [0.05, 0.1) is 24.8 Å². The molecule has 1 saturated heterocycles. The lowest BCUT2D eigenvalue weighted by atomic mass is 9.98. The van der Waals surface area contributed by atoms with Crippen molar-refractivity contribution < 1.29 is 27.5 Å². The monoisotopic (exact) mass is 565 g/mol. The molecule has 1 aromatic carbocycles. The molecule has 10 nitrogen and oxygen atoms in total. The number of halogens is 3. The molecule has 0 radical (unpaired) electrons. The SMILES string of the molecule is CSc1nc(N)nc(N(C)[C@@H](C)C(=O)Cc2cc(C(=O)NCCN3CCOCC3)cc(C(F)(F)F)c2)c1C#N. The van der Waals surface area contributed by atoms with Gasteiger partial charge in [-0.05, 0) is 36.9 Å². The maximum absolute atomic E-state index is 13.6. The number of aromatic nitrogens is 2. The van der Waals surface area contributed by atoms with Gasteiger partial charge < -0.3 is 20.7 Å². The molecule has 1 aliphatic rings. The van der Waals surface area contributed by atoms with Crippen LogP contribution in [0.3, 0.4) is 0 Å². The molecule has 14 heteroatoms. The van der Waals surface area contributed by atoms with Crippen molar-refractivity contribution in [2.24, 2.45) is 0 Å². The van der Waals surface area contributed by atoms with E-state index in [0.717, 1.165) is 12.1 Å². The Morgan fingerprint density at radius 1 is 1.28 bits per heavy atom. The van der Waals surface area contributed by atoms with Crippen LogP contribution < -0.4 is 16.0 Å². The Labute approximate surface area is 228 Å². The van der Waals surface area contributed by atoms with E-state index in [1.807, 2.05) is 6.07 Å². The molecule has 39 heavy (non-hydrogen) atoms. The van der Waals surface area contributed by atoms with Crippen LogP contribution in [0.5, 0.6) is 0 Å². The summed E-state index contributed by atoms with van der Waals surface area (Å²) in [6.07, 6.45) is -3.37. The van der Waals surface area contributed by atoms with Crippen molar-refractivity contribution in [2.45, 2.75) is 30.6 Å². The molecule has 1 atom stereocenters. The van der Waals surface area contributed by atoms with Gasteiger partial charge in [-0.15, -0.1) is 11.8 Å². The summed E-state index contributed by atoms with van der Waals surface area (Å²) < 4.78 is 46.2. The van der Waals surface area contributed by atoms with E-state index in [-0.39, 0.29) is 41.4 Å². The molecule has 1 aromatic heterocycles. The zero-order valence-electron chi connectivity index (χ0n) is 21.8. The van der Waals surface area contributed by atoms with E-state index in [9.17, 15) is 28.0 Å². The number of nitrogens with two attached hydrogens (primary N) is 1. The van der Waals surface area contributed by atoms with E-state index in [4.69, 9.17) is 10.5 Å². The van der Waals surface area contributed by atoms with Gasteiger partial charge in [0.15, 0.2) is 11.6 Å². The van der Waals surface area contributed by atoms with E-state index < -0.39 is 29.5 Å². The summed E-state index contributed by atoms with van der Waals surface area (Å²) in [7, 11) is 1.54. The molecule has 1 aliphatic heterocycles. The van der Waals surface area contributed by atoms with Crippen LogP contribution >= 0.6 is 11.8 Å². The minimum Gasteiger partial charge on any atom is -0.379 e. The number of thioether (sulfide) groups is 1. The number of alkyl halides is 3. The molecular weight excluding hydrogens is 535 g/mol. The Kier molecular flexibility index (Phi) is 10.1. The number of carbonyl (C=O) groups is 2. The third kappa shape index (κ3) is 7.81. The minimum atomic E-state index is -4.71. The number of hydrogen-bond acceptors (Lipinski definition) is 10. The molecule has 2 heterocycles. The van der Waals surface area contributed by atoms with E-state index in [1.54, 1.807) is 13.2 Å². The highest BCUT2D eigenvalue weighted by molar-refractivity contribution is 7.98. The lowest BCUT2D eigenvalue weighted by Crippen LogP contribution is -2.41. The molecule has 210 valence electrons. The summed E-state index contributed by atoms with van der Waals surface area (Å²) >= 11 is 1.19. The number of ether oxygens (including phenoxy) is 1. The number of ketones is 1. The summed E-state index contributed by atoms with van der Waals surface area (Å²) in [6, 6.07) is 4.08. The highest BCUT2D eigenvalue weighted by Crippen LogP contribution is 2.31. The Balaban J connectivity index is 1.78. The quantitative estimate of drug-likeness (QED) is 0.326. The van der Waals surface area contributed by atoms with E-state index in [1.165, 1.54) is 29.8 Å². The fraction of sp³-hybridized carbons (Fsp3) is 0.480. The number of nitriles is 1. The van der Waals surface area contributed by atoms with E-state index in [0.29, 0.717) is 37.9 Å². The molecule has 3 rings (SSSR count). The van der Waals surface area contributed by atoms with Gasteiger partial charge in [-0.25, -0.2) is 4.98 Å². The largest absolute Gasteiger partial charge is 0.416 e. The molecule has 2 aromatic rings. The van der Waals surface area contributed by atoms with Gasteiger partial charge in [-0.2, -0.15) is 23.4 Å². The number of benzene rings is 1. The summed E-state index contributed by atoms with van der Waals surface area (Å²) in [5, 5.41) is 12.6. The fourth-order valence-electron chi connectivity index (χ4n) is 4.04. The smallest absolute Gasteiger partial charge is 0.379 e. The number of Topliss-reactive ketones (excluding diaryl/α,β-unsaturated/α-hetero) is 1. The highest BCUT2D eigenvalue weighted by atomic mass is 32.2. The van der Waals surface area contributed by atoms with Gasteiger partial charge in [-0.1, -0.05) is 0 Å². The van der Waals surface area contributed by atoms with Crippen molar-refractivity contribution in [1.29, 1.82) is 5.26 Å². The van der Waals surface area contributed by atoms with Gasteiger partial charge >= 0.3 is 6.18 Å². The van der Waals surface area contributed by atoms with E-state index in [2.05, 4.69) is 20.2 Å². The van der Waals surface area contributed by atoms with Crippen LogP contribution in [-0.4, -0.2) is 85.3 Å². The predicted molar refractivity (Wildman–Crippen MR) is 141 cm³/mol. The van der Waals surface area contributed by atoms with Crippen molar-refractivity contribution in [3.05, 3.63) is 40.5 Å². The molecular formula is C25H30F3N7O3S. The first-order chi connectivity index (χ1) is 18.4. The molecule has 0 bridgehead atoms. The predicted octanol–water partition coefficient (Wildman–Crippen LogP) is 2.37. The zero-order valence-corrected chi connectivity index (χ0v) is 22.7. The van der Waals surface area contributed by atoms with Gasteiger partial charge in [0.1, 0.15) is 16.7 Å². The first kappa shape index (κ1) is 30.1. The van der Waals surface area contributed by atoms with Gasteiger partial charge in [0.25, 0.3) is 5.91 Å². The number of nitrogen functional groups attached to an aromatic ring is 1. The average Bonchev–Trinajstić information content (AvgIpc) is 2.91. The van der Waals surface area contributed by atoms with Gasteiger partial charge in [0.2, 0.25) is 5.95 Å². The normalized spacial score (nSPS) is 14.9. The van der Waals surface area contributed by atoms with Crippen molar-refractivity contribution in [3.8, 4) is 6.07 Å². The third-order valence-electron chi connectivity index (χ3n) is 6.34. The van der Waals surface area contributed by atoms with Crippen LogP contribution in [0, 0.1) is 11.3 Å². The van der Waals surface area contributed by atoms with Crippen LogP contribution in [0.1, 0.15) is 34.0 Å². The van der Waals surface area contributed by atoms with Crippen LogP contribution in [-0.2, 0) is 22.1 Å². The van der Waals surface area contributed by atoms with Gasteiger partial charge in [-0.3, -0.25) is 14.5 Å². The van der Waals surface area contributed by atoms with Crippen molar-refractivity contribution in [2.75, 3.05) is 63.3 Å². The number of likely N-dealkylation sites (N-methyl/N-ethyl adjacent to an activating group) is 1. The Hall–Kier alpha value is -3.41. The number of nitrogens with zero attached hydrogens (tertiary/aromatic N) is 5. The van der Waals surface area contributed by atoms with E-state index >= 15 is 0 Å². The number of morpholine rings is 1. The van der Waals surface area contributed by atoms with Crippen LogP contribution in [0.15, 0.2) is 23.2 Å². The summed E-state index contributed by atoms with van der Waals surface area (Å²) in [5.41, 5.74) is 4.74. The first-order valence-corrected chi connectivity index (χ1v) is 13.3. The van der Waals surface area contributed by atoms with Gasteiger partial charge in [0, 0.05) is 45.2 Å². The topological polar surface area (TPSA) is 137 Å². The highest BCUT2D eigenvalue weighted by Gasteiger charge is 2.32. The Morgan fingerprint density at radius 2 is 1.97 bits per heavy atom. The minimum absolute atomic E-state index is 0.0425. The molecule has 0 spiro atoms. The Bertz CT molecular complexity index is 1250. The molecule has 0 aliphatic carbocycles. The lowest BCUT2D eigenvalue weighted by Gasteiger charge is -2.26. The molecule has 1 fully saturated rings. The second-order valence-electron chi connectivity index (χ2n) is 8.96. The zero-order chi connectivity index (χ0) is 28.7. The number of carbonyl (C=O) groups excluding carboxylic acids is 2. The Morgan fingerprint density at radius 3 is 2.59 bits per heavy atom. The molecule has 1 amide bonds. The number of anilines is 2. The van der Waals surface area contributed by atoms with Crippen LogP contribution in [0.4, 0.5) is 24.9 Å². The number of rotatable bonds is 10. The molecule has 0 saturated carbocycles. The average molecular weight is 566 g/mol. The number of amides is 1. The maximum atomic E-state index is 13.6. The standard InChI is InChI=1S/C25H30F3N7O3S/c1-15(34(2)21-19(14-29)23(39-3)33-24(30)32-21)20(36)12-16-10-17(13-18(11-16)25(26,27)28)22(37)31-4-5-35-6-8-38-9-7-35/h10-11,13,15H,4-9,12H2,1-3H3,(H,31,37)(H2,30,32,33)/t15-/m0/s1. The summed E-state index contributed by atoms with van der Waals surface area (Å²) in [4.78, 5) is 37.5. The molecule has 3 N–H and O–H groups in total. The second kappa shape index (κ2) is 13.1. The number of nitrogens with one attached hydrogen (secondary N) is 1. The fourth-order valence-corrected chi connectivity index (χ4v) is 4.56. The van der Waals surface area contributed by atoms with Crippen molar-refractivity contribution in [3.63, 3.8) is 0 Å². The summed E-state index contributed by atoms with van der Waals surface area (Å²) in [6.45, 7) is 4.96. The van der Waals surface area contributed by atoms with Crippen LogP contribution in [0.2, 0.25) is 0 Å². The summed E-state index contributed by atoms with van der Waals surface area (Å²) in [5.74, 6) is -1.04. The third-order valence-corrected chi connectivity index (χ3v) is 7.02. The maximum Gasteiger partial charge on any atom is 0.416 e.